The fourth-order valence-electron chi connectivity index (χ4n) is 3.11. The maximum absolute atomic E-state index is 11.1. The predicted octanol–water partition coefficient (Wildman–Crippen LogP) is 3.67. The molecule has 1 aliphatic rings. The van der Waals surface area contributed by atoms with Gasteiger partial charge in [-0.3, -0.25) is 0 Å². The fourth-order valence-corrected chi connectivity index (χ4v) is 17.4. The van der Waals surface area contributed by atoms with Gasteiger partial charge in [-0.1, -0.05) is 33.0 Å². The molecule has 0 amide bonds. The van der Waals surface area contributed by atoms with Crippen LogP contribution in [0.3, 0.4) is 0 Å². The van der Waals surface area contributed by atoms with Crippen LogP contribution in [0.1, 0.15) is 26.7 Å². The molecule has 1 atom stereocenters. The molecule has 110 valence electrons. The first-order valence-electron chi connectivity index (χ1n) is 7.09. The summed E-state index contributed by atoms with van der Waals surface area (Å²) in [7, 11) is -3.06. The highest BCUT2D eigenvalue weighted by molar-refractivity contribution is 7.39. The summed E-state index contributed by atoms with van der Waals surface area (Å²) in [5.74, 6) is -0.320. The molecule has 5 heteroatoms. The SMILES string of the molecule is C=CC(=O)OCCC(C)(C)[Si]1(C)CCCO[Si]1(C)C. The number of esters is 1. The van der Waals surface area contributed by atoms with Crippen LogP contribution in [0.5, 0.6) is 0 Å². The Bertz CT molecular complexity index is 353. The molecular formula is C14H28O3Si2. The summed E-state index contributed by atoms with van der Waals surface area (Å²) in [6.45, 7) is 16.8. The van der Waals surface area contributed by atoms with E-state index in [0.717, 1.165) is 13.0 Å². The molecule has 0 aromatic rings. The van der Waals surface area contributed by atoms with Crippen molar-refractivity contribution in [2.24, 2.45) is 0 Å². The van der Waals surface area contributed by atoms with Gasteiger partial charge in [0, 0.05) is 12.7 Å². The lowest BCUT2D eigenvalue weighted by atomic mass is 10.1. The molecule has 0 aliphatic carbocycles. The normalized spacial score (nSPS) is 26.8. The average molecular weight is 301 g/mol. The Morgan fingerprint density at radius 3 is 2.58 bits per heavy atom. The molecule has 3 nitrogen and oxygen atoms in total. The molecule has 1 unspecified atom stereocenters. The predicted molar refractivity (Wildman–Crippen MR) is 84.3 cm³/mol. The average Bonchev–Trinajstić information content (AvgIpc) is 2.32. The van der Waals surface area contributed by atoms with Gasteiger partial charge in [0.15, 0.2) is 7.83 Å². The van der Waals surface area contributed by atoms with Crippen LogP contribution >= 0.6 is 0 Å². The van der Waals surface area contributed by atoms with Crippen molar-refractivity contribution in [1.29, 1.82) is 0 Å². The molecule has 1 fully saturated rings. The van der Waals surface area contributed by atoms with Crippen molar-refractivity contribution in [3.63, 3.8) is 0 Å². The topological polar surface area (TPSA) is 35.5 Å². The van der Waals surface area contributed by atoms with Crippen molar-refractivity contribution in [1.82, 2.24) is 0 Å². The van der Waals surface area contributed by atoms with Gasteiger partial charge in [0.1, 0.15) is 0 Å². The second kappa shape index (κ2) is 5.93. The Labute approximate surface area is 119 Å². The van der Waals surface area contributed by atoms with Gasteiger partial charge in [-0.2, -0.15) is 0 Å². The zero-order valence-electron chi connectivity index (χ0n) is 13.0. The van der Waals surface area contributed by atoms with Crippen LogP contribution in [0.25, 0.3) is 0 Å². The van der Waals surface area contributed by atoms with Crippen molar-refractivity contribution in [3.8, 4) is 0 Å². The van der Waals surface area contributed by atoms with E-state index >= 15 is 0 Å². The lowest BCUT2D eigenvalue weighted by Gasteiger charge is -2.53. The van der Waals surface area contributed by atoms with E-state index in [4.69, 9.17) is 9.16 Å². The number of hydrogen-bond acceptors (Lipinski definition) is 3. The molecule has 0 saturated carbocycles. The van der Waals surface area contributed by atoms with Gasteiger partial charge < -0.3 is 9.16 Å². The fraction of sp³-hybridized carbons (Fsp3) is 0.786. The zero-order chi connectivity index (χ0) is 14.7. The van der Waals surface area contributed by atoms with Crippen molar-refractivity contribution >= 4 is 21.4 Å². The maximum Gasteiger partial charge on any atom is 0.330 e. The third kappa shape index (κ3) is 3.38. The highest BCUT2D eigenvalue weighted by Crippen LogP contribution is 2.50. The Balaban J connectivity index is 2.73. The molecule has 1 heterocycles. The first kappa shape index (κ1) is 16.7. The number of carbonyl (C=O) groups excluding carboxylic acids is 1. The third-order valence-electron chi connectivity index (χ3n) is 5.24. The number of hydrogen-bond donors (Lipinski definition) is 0. The van der Waals surface area contributed by atoms with Gasteiger partial charge >= 0.3 is 5.97 Å². The van der Waals surface area contributed by atoms with Crippen LogP contribution in [0.15, 0.2) is 12.7 Å². The van der Waals surface area contributed by atoms with Gasteiger partial charge in [0.05, 0.1) is 14.2 Å². The lowest BCUT2D eigenvalue weighted by molar-refractivity contribution is -0.137. The molecule has 0 aromatic heterocycles. The molecule has 0 bridgehead atoms. The molecule has 1 rings (SSSR count). The summed E-state index contributed by atoms with van der Waals surface area (Å²) in [5, 5.41) is 0.241. The monoisotopic (exact) mass is 300 g/mol. The van der Waals surface area contributed by atoms with E-state index in [-0.39, 0.29) is 11.0 Å². The Hall–Kier alpha value is -0.396. The third-order valence-corrected chi connectivity index (χ3v) is 24.6. The number of rotatable bonds is 5. The summed E-state index contributed by atoms with van der Waals surface area (Å²) in [4.78, 5) is 11.1. The van der Waals surface area contributed by atoms with Crippen LogP contribution in [0.2, 0.25) is 30.7 Å². The minimum Gasteiger partial charge on any atom is -0.463 e. The number of carbonyl (C=O) groups is 1. The molecule has 1 aliphatic heterocycles. The Morgan fingerprint density at radius 2 is 2.05 bits per heavy atom. The van der Waals surface area contributed by atoms with Gasteiger partial charge in [-0.25, -0.2) is 4.79 Å². The molecular weight excluding hydrogens is 272 g/mol. The van der Waals surface area contributed by atoms with Crippen LogP contribution in [0.4, 0.5) is 0 Å². The van der Waals surface area contributed by atoms with Crippen LogP contribution in [0, 0.1) is 0 Å². The van der Waals surface area contributed by atoms with E-state index in [1.54, 1.807) is 0 Å². The summed E-state index contributed by atoms with van der Waals surface area (Å²) in [6, 6.07) is 1.34. The van der Waals surface area contributed by atoms with E-state index in [2.05, 4.69) is 40.1 Å². The van der Waals surface area contributed by atoms with Gasteiger partial charge in [-0.15, -0.1) is 0 Å². The highest BCUT2D eigenvalue weighted by atomic mass is 29.3. The van der Waals surface area contributed by atoms with Crippen molar-refractivity contribution in [2.45, 2.75) is 57.4 Å². The van der Waals surface area contributed by atoms with Gasteiger partial charge in [0.2, 0.25) is 0 Å². The van der Waals surface area contributed by atoms with Gasteiger partial charge in [-0.05, 0) is 31.0 Å². The van der Waals surface area contributed by atoms with Crippen LogP contribution < -0.4 is 0 Å². The van der Waals surface area contributed by atoms with Gasteiger partial charge in [0.25, 0.3) is 0 Å². The second-order valence-electron chi connectivity index (χ2n) is 6.80. The minimum atomic E-state index is -1.59. The van der Waals surface area contributed by atoms with E-state index in [9.17, 15) is 4.79 Å². The first-order chi connectivity index (χ1) is 8.66. The largest absolute Gasteiger partial charge is 0.463 e. The minimum absolute atomic E-state index is 0.241. The summed E-state index contributed by atoms with van der Waals surface area (Å²) in [6.07, 6.45) is 3.35. The van der Waals surface area contributed by atoms with E-state index in [1.165, 1.54) is 18.5 Å². The molecule has 19 heavy (non-hydrogen) atoms. The summed E-state index contributed by atoms with van der Waals surface area (Å²) in [5.41, 5.74) is 0. The summed E-state index contributed by atoms with van der Waals surface area (Å²) < 4.78 is 11.4. The van der Waals surface area contributed by atoms with Crippen molar-refractivity contribution in [2.75, 3.05) is 13.2 Å². The quantitative estimate of drug-likeness (QED) is 0.441. The van der Waals surface area contributed by atoms with E-state index < -0.39 is 15.4 Å². The summed E-state index contributed by atoms with van der Waals surface area (Å²) >= 11 is 0. The van der Waals surface area contributed by atoms with Crippen LogP contribution in [-0.2, 0) is 14.0 Å². The van der Waals surface area contributed by atoms with Crippen molar-refractivity contribution < 1.29 is 14.0 Å². The standard InChI is InChI=1S/C14H28O3Si2/c1-7-13(15)16-11-9-14(2,3)19(6)12-8-10-17-18(19,4)5/h7H,1,8-12H2,2-6H3. The lowest BCUT2D eigenvalue weighted by Crippen LogP contribution is -2.66. The first-order valence-corrected chi connectivity index (χ1v) is 13.7. The smallest absolute Gasteiger partial charge is 0.330 e. The maximum atomic E-state index is 11.1. The zero-order valence-corrected chi connectivity index (χ0v) is 15.0. The van der Waals surface area contributed by atoms with Crippen LogP contribution in [-0.4, -0.2) is 34.6 Å². The Morgan fingerprint density at radius 1 is 1.42 bits per heavy atom. The molecule has 0 N–H and O–H groups in total. The molecule has 1 saturated heterocycles. The van der Waals surface area contributed by atoms with Crippen molar-refractivity contribution in [3.05, 3.63) is 12.7 Å². The highest BCUT2D eigenvalue weighted by Gasteiger charge is 2.56. The molecule has 0 aromatic carbocycles. The van der Waals surface area contributed by atoms with E-state index in [1.807, 2.05) is 0 Å². The van der Waals surface area contributed by atoms with E-state index in [0.29, 0.717) is 6.61 Å². The molecule has 0 radical (unpaired) electrons. The molecule has 0 spiro atoms. The number of ether oxygens (including phenoxy) is 1. The second-order valence-corrected chi connectivity index (χ2v) is 21.6. The Kier molecular flexibility index (Phi) is 5.20.